The molecule has 1 aliphatic heterocycles. The molecule has 0 N–H and O–H groups in total. The lowest BCUT2D eigenvalue weighted by molar-refractivity contribution is -0.154. The van der Waals surface area contributed by atoms with Gasteiger partial charge in [0.05, 0.1) is 12.5 Å². The largest absolute Gasteiger partial charge is 0.462 e. The minimum absolute atomic E-state index is 0.0124. The standard InChI is InChI=1S/C11H20O4/c1-9(2)11(12)15-10-4-3-6-13-8-14-7-5-10/h9-10H,3-8H2,1-2H3. The third-order valence-electron chi connectivity index (χ3n) is 2.32. The molecule has 0 aromatic rings. The van der Waals surface area contributed by atoms with Crippen LogP contribution in [0.5, 0.6) is 0 Å². The van der Waals surface area contributed by atoms with Crippen LogP contribution in [-0.2, 0) is 19.0 Å². The Balaban J connectivity index is 2.33. The monoisotopic (exact) mass is 216 g/mol. The van der Waals surface area contributed by atoms with Gasteiger partial charge in [0.2, 0.25) is 0 Å². The molecule has 1 rings (SSSR count). The Hall–Kier alpha value is -0.610. The second kappa shape index (κ2) is 6.80. The molecular weight excluding hydrogens is 196 g/mol. The highest BCUT2D eigenvalue weighted by molar-refractivity contribution is 5.71. The van der Waals surface area contributed by atoms with E-state index >= 15 is 0 Å². The van der Waals surface area contributed by atoms with E-state index in [0.717, 1.165) is 19.3 Å². The number of rotatable bonds is 2. The quantitative estimate of drug-likeness (QED) is 0.659. The smallest absolute Gasteiger partial charge is 0.308 e. The van der Waals surface area contributed by atoms with E-state index in [9.17, 15) is 4.79 Å². The zero-order valence-corrected chi connectivity index (χ0v) is 9.53. The van der Waals surface area contributed by atoms with Gasteiger partial charge >= 0.3 is 5.97 Å². The van der Waals surface area contributed by atoms with Crippen molar-refractivity contribution in [2.75, 3.05) is 20.0 Å². The molecule has 15 heavy (non-hydrogen) atoms. The van der Waals surface area contributed by atoms with Crippen LogP contribution in [0, 0.1) is 5.92 Å². The maximum absolute atomic E-state index is 11.4. The van der Waals surface area contributed by atoms with Gasteiger partial charge < -0.3 is 14.2 Å². The van der Waals surface area contributed by atoms with Crippen molar-refractivity contribution in [2.24, 2.45) is 5.92 Å². The highest BCUT2D eigenvalue weighted by Gasteiger charge is 2.17. The van der Waals surface area contributed by atoms with Crippen LogP contribution in [0.2, 0.25) is 0 Å². The maximum Gasteiger partial charge on any atom is 0.308 e. The summed E-state index contributed by atoms with van der Waals surface area (Å²) in [6.07, 6.45) is 2.53. The van der Waals surface area contributed by atoms with E-state index in [1.165, 1.54) is 0 Å². The van der Waals surface area contributed by atoms with E-state index in [0.29, 0.717) is 20.0 Å². The molecule has 4 heteroatoms. The molecule has 0 aliphatic carbocycles. The second-order valence-electron chi connectivity index (χ2n) is 4.08. The first kappa shape index (κ1) is 12.5. The number of hydrogen-bond acceptors (Lipinski definition) is 4. The average Bonchev–Trinajstić information content (AvgIpc) is 2.31. The minimum Gasteiger partial charge on any atom is -0.462 e. The first-order valence-electron chi connectivity index (χ1n) is 5.56. The maximum atomic E-state index is 11.4. The summed E-state index contributed by atoms with van der Waals surface area (Å²) in [5, 5.41) is 0. The summed E-state index contributed by atoms with van der Waals surface area (Å²) < 4.78 is 15.8. The van der Waals surface area contributed by atoms with E-state index < -0.39 is 0 Å². The number of hydrogen-bond donors (Lipinski definition) is 0. The van der Waals surface area contributed by atoms with Crippen LogP contribution < -0.4 is 0 Å². The highest BCUT2D eigenvalue weighted by Crippen LogP contribution is 2.12. The van der Waals surface area contributed by atoms with E-state index in [2.05, 4.69) is 0 Å². The van der Waals surface area contributed by atoms with Gasteiger partial charge in [0, 0.05) is 13.0 Å². The lowest BCUT2D eigenvalue weighted by atomic mass is 10.1. The zero-order valence-electron chi connectivity index (χ0n) is 9.53. The van der Waals surface area contributed by atoms with Crippen molar-refractivity contribution in [3.8, 4) is 0 Å². The van der Waals surface area contributed by atoms with Crippen molar-refractivity contribution < 1.29 is 19.0 Å². The van der Waals surface area contributed by atoms with E-state index in [1.54, 1.807) is 0 Å². The lowest BCUT2D eigenvalue weighted by Crippen LogP contribution is -2.23. The van der Waals surface area contributed by atoms with Crippen LogP contribution >= 0.6 is 0 Å². The molecule has 1 saturated heterocycles. The molecule has 1 aliphatic rings. The number of ether oxygens (including phenoxy) is 3. The van der Waals surface area contributed by atoms with Crippen molar-refractivity contribution >= 4 is 5.97 Å². The molecule has 0 bridgehead atoms. The van der Waals surface area contributed by atoms with E-state index in [4.69, 9.17) is 14.2 Å². The summed E-state index contributed by atoms with van der Waals surface area (Å²) in [5.74, 6) is -0.185. The van der Waals surface area contributed by atoms with Crippen molar-refractivity contribution in [1.82, 2.24) is 0 Å². The van der Waals surface area contributed by atoms with Gasteiger partial charge in [0.15, 0.2) is 0 Å². The Bertz CT molecular complexity index is 181. The molecule has 0 spiro atoms. The van der Waals surface area contributed by atoms with E-state index in [1.807, 2.05) is 13.8 Å². The van der Waals surface area contributed by atoms with Crippen LogP contribution in [0.15, 0.2) is 0 Å². The third-order valence-corrected chi connectivity index (χ3v) is 2.32. The van der Waals surface area contributed by atoms with Gasteiger partial charge in [-0.25, -0.2) is 0 Å². The minimum atomic E-state index is -0.125. The number of carbonyl (C=O) groups is 1. The molecule has 4 nitrogen and oxygen atoms in total. The highest BCUT2D eigenvalue weighted by atomic mass is 16.7. The first-order valence-corrected chi connectivity index (χ1v) is 5.56. The van der Waals surface area contributed by atoms with E-state index in [-0.39, 0.29) is 18.0 Å². The third kappa shape index (κ3) is 5.14. The molecule has 1 unspecified atom stereocenters. The van der Waals surface area contributed by atoms with Crippen molar-refractivity contribution in [1.29, 1.82) is 0 Å². The van der Waals surface area contributed by atoms with Gasteiger partial charge in [-0.05, 0) is 12.8 Å². The summed E-state index contributed by atoms with van der Waals surface area (Å²) in [6, 6.07) is 0. The molecule has 88 valence electrons. The zero-order chi connectivity index (χ0) is 11.1. The number of esters is 1. The lowest BCUT2D eigenvalue weighted by Gasteiger charge is -2.17. The SMILES string of the molecule is CC(C)C(=O)OC1CCCOCOCC1. The Kier molecular flexibility index (Phi) is 5.65. The molecule has 0 aromatic heterocycles. The fourth-order valence-electron chi connectivity index (χ4n) is 1.37. The topological polar surface area (TPSA) is 44.8 Å². The summed E-state index contributed by atoms with van der Waals surface area (Å²) in [4.78, 5) is 11.4. The van der Waals surface area contributed by atoms with Gasteiger partial charge in [-0.3, -0.25) is 4.79 Å². The second-order valence-corrected chi connectivity index (χ2v) is 4.08. The van der Waals surface area contributed by atoms with Crippen molar-refractivity contribution in [3.05, 3.63) is 0 Å². The summed E-state index contributed by atoms with van der Waals surface area (Å²) in [6.45, 7) is 5.31. The van der Waals surface area contributed by atoms with Crippen molar-refractivity contribution in [2.45, 2.75) is 39.2 Å². The number of carbonyl (C=O) groups excluding carboxylic acids is 1. The normalized spacial score (nSPS) is 24.1. The summed E-state index contributed by atoms with van der Waals surface area (Å²) in [5.41, 5.74) is 0. The molecule has 1 atom stereocenters. The molecule has 0 amide bonds. The predicted molar refractivity (Wildman–Crippen MR) is 55.3 cm³/mol. The van der Waals surface area contributed by atoms with Gasteiger partial charge in [-0.1, -0.05) is 13.8 Å². The van der Waals surface area contributed by atoms with Gasteiger partial charge in [0.25, 0.3) is 0 Å². The Morgan fingerprint density at radius 2 is 2.00 bits per heavy atom. The molecule has 0 radical (unpaired) electrons. The Labute approximate surface area is 90.9 Å². The predicted octanol–water partition coefficient (Wildman–Crippen LogP) is 1.73. The van der Waals surface area contributed by atoms with Gasteiger partial charge in [-0.15, -0.1) is 0 Å². The van der Waals surface area contributed by atoms with Gasteiger partial charge in [-0.2, -0.15) is 0 Å². The fourth-order valence-corrected chi connectivity index (χ4v) is 1.37. The molecule has 1 fully saturated rings. The van der Waals surface area contributed by atoms with Gasteiger partial charge in [0.1, 0.15) is 12.9 Å². The van der Waals surface area contributed by atoms with Crippen molar-refractivity contribution in [3.63, 3.8) is 0 Å². The summed E-state index contributed by atoms with van der Waals surface area (Å²) in [7, 11) is 0. The molecular formula is C11H20O4. The molecule has 0 saturated carbocycles. The first-order chi connectivity index (χ1) is 7.20. The fraction of sp³-hybridized carbons (Fsp3) is 0.909. The molecule has 0 aromatic carbocycles. The van der Waals surface area contributed by atoms with Crippen LogP contribution in [0.1, 0.15) is 33.1 Å². The average molecular weight is 216 g/mol. The van der Waals surface area contributed by atoms with Crippen LogP contribution in [0.3, 0.4) is 0 Å². The summed E-state index contributed by atoms with van der Waals surface area (Å²) >= 11 is 0. The van der Waals surface area contributed by atoms with Crippen LogP contribution in [-0.4, -0.2) is 32.1 Å². The van der Waals surface area contributed by atoms with Crippen LogP contribution in [0.4, 0.5) is 0 Å². The molecule has 1 heterocycles. The van der Waals surface area contributed by atoms with Crippen LogP contribution in [0.25, 0.3) is 0 Å². The Morgan fingerprint density at radius 3 is 2.73 bits per heavy atom. The Morgan fingerprint density at radius 1 is 1.27 bits per heavy atom.